The van der Waals surface area contributed by atoms with Crippen molar-refractivity contribution in [3.8, 4) is 11.4 Å². The summed E-state index contributed by atoms with van der Waals surface area (Å²) in [5, 5.41) is 14.9. The minimum atomic E-state index is -0.189. The normalized spacial score (nSPS) is 10.4. The lowest BCUT2D eigenvalue weighted by Crippen LogP contribution is -2.20. The number of para-hydroxylation sites is 1. The van der Waals surface area contributed by atoms with Crippen LogP contribution in [0.25, 0.3) is 11.4 Å². The number of nitrogens with zero attached hydrogens (tertiary/aromatic N) is 4. The second kappa shape index (κ2) is 6.17. The highest BCUT2D eigenvalue weighted by Crippen LogP contribution is 2.14. The molecular weight excluding hydrogens is 278 g/mol. The molecule has 1 aromatic heterocycles. The molecule has 6 heteroatoms. The standard InChI is InChI=1S/C16H15N5O/c1-12-7-5-6-10-14(12)17-15(22)11-21-19-16(18-20-21)13-8-3-2-4-9-13/h2-10H,11H2,1H3,(H,17,22). The highest BCUT2D eigenvalue weighted by molar-refractivity contribution is 5.91. The molecular formula is C16H15N5O. The van der Waals surface area contributed by atoms with Gasteiger partial charge in [-0.3, -0.25) is 4.79 Å². The molecule has 3 rings (SSSR count). The van der Waals surface area contributed by atoms with Crippen LogP contribution >= 0.6 is 0 Å². The summed E-state index contributed by atoms with van der Waals surface area (Å²) in [5.74, 6) is 0.315. The molecule has 6 nitrogen and oxygen atoms in total. The summed E-state index contributed by atoms with van der Waals surface area (Å²) in [6.45, 7) is 1.96. The number of benzene rings is 2. The van der Waals surface area contributed by atoms with Crippen LogP contribution in [0, 0.1) is 6.92 Å². The molecule has 0 aliphatic carbocycles. The van der Waals surface area contributed by atoms with Crippen LogP contribution in [0.5, 0.6) is 0 Å². The van der Waals surface area contributed by atoms with Crippen LogP contribution in [0.15, 0.2) is 54.6 Å². The highest BCUT2D eigenvalue weighted by atomic mass is 16.2. The lowest BCUT2D eigenvalue weighted by molar-refractivity contribution is -0.117. The maximum absolute atomic E-state index is 12.0. The van der Waals surface area contributed by atoms with Crippen LogP contribution in [-0.4, -0.2) is 26.1 Å². The van der Waals surface area contributed by atoms with Gasteiger partial charge in [-0.15, -0.1) is 10.2 Å². The van der Waals surface area contributed by atoms with Gasteiger partial charge >= 0.3 is 0 Å². The Labute approximate surface area is 127 Å². The molecule has 0 atom stereocenters. The van der Waals surface area contributed by atoms with Gasteiger partial charge in [-0.25, -0.2) is 0 Å². The number of nitrogens with one attached hydrogen (secondary N) is 1. The Hall–Kier alpha value is -3.02. The Bertz CT molecular complexity index is 782. The van der Waals surface area contributed by atoms with Gasteiger partial charge in [0, 0.05) is 11.3 Å². The van der Waals surface area contributed by atoms with E-state index in [1.54, 1.807) is 0 Å². The molecule has 0 saturated heterocycles. The summed E-state index contributed by atoms with van der Waals surface area (Å²) in [4.78, 5) is 13.3. The topological polar surface area (TPSA) is 72.7 Å². The maximum atomic E-state index is 12.0. The van der Waals surface area contributed by atoms with E-state index in [1.807, 2.05) is 61.5 Å². The van der Waals surface area contributed by atoms with Gasteiger partial charge in [0.25, 0.3) is 0 Å². The first kappa shape index (κ1) is 13.9. The van der Waals surface area contributed by atoms with Crippen LogP contribution in [0.1, 0.15) is 5.56 Å². The number of rotatable bonds is 4. The fraction of sp³-hybridized carbons (Fsp3) is 0.125. The van der Waals surface area contributed by atoms with Crippen LogP contribution < -0.4 is 5.32 Å². The van der Waals surface area contributed by atoms with Crippen LogP contribution in [0.3, 0.4) is 0 Å². The molecule has 1 heterocycles. The molecule has 1 amide bonds. The van der Waals surface area contributed by atoms with Crippen molar-refractivity contribution in [1.29, 1.82) is 0 Å². The highest BCUT2D eigenvalue weighted by Gasteiger charge is 2.09. The third-order valence-electron chi connectivity index (χ3n) is 3.19. The zero-order valence-electron chi connectivity index (χ0n) is 12.1. The van der Waals surface area contributed by atoms with E-state index >= 15 is 0 Å². The Morgan fingerprint density at radius 2 is 1.82 bits per heavy atom. The number of tetrazole rings is 1. The largest absolute Gasteiger partial charge is 0.324 e. The van der Waals surface area contributed by atoms with E-state index in [2.05, 4.69) is 20.7 Å². The fourth-order valence-electron chi connectivity index (χ4n) is 2.04. The maximum Gasteiger partial charge on any atom is 0.248 e. The van der Waals surface area contributed by atoms with E-state index in [4.69, 9.17) is 0 Å². The average Bonchev–Trinajstić information content (AvgIpc) is 2.99. The predicted octanol–water partition coefficient (Wildman–Crippen LogP) is 2.29. The van der Waals surface area contributed by atoms with E-state index in [0.29, 0.717) is 5.82 Å². The summed E-state index contributed by atoms with van der Waals surface area (Å²) >= 11 is 0. The first-order valence-corrected chi connectivity index (χ1v) is 6.91. The van der Waals surface area contributed by atoms with E-state index in [0.717, 1.165) is 16.8 Å². The number of anilines is 1. The minimum Gasteiger partial charge on any atom is -0.324 e. The lowest BCUT2D eigenvalue weighted by Gasteiger charge is -2.06. The lowest BCUT2D eigenvalue weighted by atomic mass is 10.2. The first-order valence-electron chi connectivity index (χ1n) is 6.91. The molecule has 0 spiro atoms. The number of hydrogen-bond acceptors (Lipinski definition) is 4. The monoisotopic (exact) mass is 293 g/mol. The van der Waals surface area contributed by atoms with E-state index < -0.39 is 0 Å². The average molecular weight is 293 g/mol. The first-order chi connectivity index (χ1) is 10.7. The quantitative estimate of drug-likeness (QED) is 0.801. The molecule has 1 N–H and O–H groups in total. The minimum absolute atomic E-state index is 0.0220. The van der Waals surface area contributed by atoms with Crippen molar-refractivity contribution in [3.63, 3.8) is 0 Å². The Balaban J connectivity index is 1.68. The van der Waals surface area contributed by atoms with Gasteiger partial charge in [-0.05, 0) is 23.8 Å². The molecule has 0 bridgehead atoms. The number of hydrogen-bond donors (Lipinski definition) is 1. The van der Waals surface area contributed by atoms with Crippen molar-refractivity contribution in [3.05, 3.63) is 60.2 Å². The summed E-state index contributed by atoms with van der Waals surface area (Å²) in [7, 11) is 0. The Kier molecular flexibility index (Phi) is 3.91. The van der Waals surface area contributed by atoms with Crippen molar-refractivity contribution >= 4 is 11.6 Å². The van der Waals surface area contributed by atoms with Crippen molar-refractivity contribution in [2.45, 2.75) is 13.5 Å². The molecule has 110 valence electrons. The second-order valence-corrected chi connectivity index (χ2v) is 4.87. The molecule has 3 aromatic rings. The number of carbonyl (C=O) groups excluding carboxylic acids is 1. The SMILES string of the molecule is Cc1ccccc1NC(=O)Cn1nnc(-c2ccccc2)n1. The molecule has 22 heavy (non-hydrogen) atoms. The van der Waals surface area contributed by atoms with Crippen LogP contribution in [-0.2, 0) is 11.3 Å². The van der Waals surface area contributed by atoms with Gasteiger partial charge in [0.1, 0.15) is 6.54 Å². The number of carbonyl (C=O) groups is 1. The van der Waals surface area contributed by atoms with Crippen molar-refractivity contribution in [2.24, 2.45) is 0 Å². The van der Waals surface area contributed by atoms with E-state index in [9.17, 15) is 4.79 Å². The van der Waals surface area contributed by atoms with Gasteiger partial charge in [-0.1, -0.05) is 48.5 Å². The van der Waals surface area contributed by atoms with Gasteiger partial charge in [0.2, 0.25) is 11.7 Å². The zero-order valence-corrected chi connectivity index (χ0v) is 12.1. The molecule has 0 fully saturated rings. The molecule has 0 aliphatic rings. The summed E-state index contributed by atoms with van der Waals surface area (Å²) < 4.78 is 0. The van der Waals surface area contributed by atoms with Crippen molar-refractivity contribution in [2.75, 3.05) is 5.32 Å². The molecule has 0 aliphatic heterocycles. The molecule has 0 radical (unpaired) electrons. The Morgan fingerprint density at radius 1 is 1.09 bits per heavy atom. The van der Waals surface area contributed by atoms with Gasteiger partial charge < -0.3 is 5.32 Å². The number of aromatic nitrogens is 4. The van der Waals surface area contributed by atoms with Crippen molar-refractivity contribution < 1.29 is 4.79 Å². The van der Waals surface area contributed by atoms with Gasteiger partial charge in [0.15, 0.2) is 0 Å². The number of amides is 1. The molecule has 2 aromatic carbocycles. The molecule has 0 unspecified atom stereocenters. The van der Waals surface area contributed by atoms with Gasteiger partial charge in [-0.2, -0.15) is 4.80 Å². The van der Waals surface area contributed by atoms with Crippen molar-refractivity contribution in [1.82, 2.24) is 20.2 Å². The smallest absolute Gasteiger partial charge is 0.248 e. The fourth-order valence-corrected chi connectivity index (χ4v) is 2.04. The summed E-state index contributed by atoms with van der Waals surface area (Å²) in [5.41, 5.74) is 2.66. The predicted molar refractivity (Wildman–Crippen MR) is 83.1 cm³/mol. The van der Waals surface area contributed by atoms with E-state index in [1.165, 1.54) is 4.80 Å². The third kappa shape index (κ3) is 3.17. The van der Waals surface area contributed by atoms with E-state index in [-0.39, 0.29) is 12.5 Å². The summed E-state index contributed by atoms with van der Waals surface area (Å²) in [6.07, 6.45) is 0. The Morgan fingerprint density at radius 3 is 2.59 bits per heavy atom. The van der Waals surface area contributed by atoms with Gasteiger partial charge in [0.05, 0.1) is 0 Å². The summed E-state index contributed by atoms with van der Waals surface area (Å²) in [6, 6.07) is 17.1. The second-order valence-electron chi connectivity index (χ2n) is 4.87. The number of aryl methyl sites for hydroxylation is 1. The van der Waals surface area contributed by atoms with Crippen LogP contribution in [0.4, 0.5) is 5.69 Å². The van der Waals surface area contributed by atoms with Crippen LogP contribution in [0.2, 0.25) is 0 Å². The third-order valence-corrected chi connectivity index (χ3v) is 3.19. The molecule has 0 saturated carbocycles. The zero-order chi connectivity index (χ0) is 15.4.